The zero-order valence-corrected chi connectivity index (χ0v) is 15.2. The van der Waals surface area contributed by atoms with E-state index in [1.807, 2.05) is 35.2 Å². The van der Waals surface area contributed by atoms with Gasteiger partial charge in [0, 0.05) is 49.2 Å². The highest BCUT2D eigenvalue weighted by Crippen LogP contribution is 2.22. The van der Waals surface area contributed by atoms with Gasteiger partial charge in [-0.05, 0) is 37.1 Å². The molecule has 3 heterocycles. The largest absolute Gasteiger partial charge is 0.481 e. The van der Waals surface area contributed by atoms with E-state index in [0.717, 1.165) is 68.7 Å². The number of nitrogens with zero attached hydrogens (tertiary/aromatic N) is 3. The molecule has 2 fully saturated rings. The fourth-order valence-electron chi connectivity index (χ4n) is 3.91. The Morgan fingerprint density at radius 3 is 2.62 bits per heavy atom. The number of carbonyl (C=O) groups excluding carboxylic acids is 1. The first-order chi connectivity index (χ1) is 12.7. The lowest BCUT2D eigenvalue weighted by Gasteiger charge is -2.40. The molecule has 0 atom stereocenters. The number of carbonyl (C=O) groups is 1. The average Bonchev–Trinajstić information content (AvgIpc) is 2.73. The van der Waals surface area contributed by atoms with Crippen LogP contribution in [-0.2, 0) is 4.74 Å². The molecule has 0 unspecified atom stereocenters. The molecule has 2 aromatic rings. The molecule has 2 aliphatic heterocycles. The van der Waals surface area contributed by atoms with Crippen LogP contribution < -0.4 is 4.74 Å². The molecule has 2 aliphatic rings. The normalized spacial score (nSPS) is 19.7. The summed E-state index contributed by atoms with van der Waals surface area (Å²) in [7, 11) is 1.60. The van der Waals surface area contributed by atoms with Crippen LogP contribution in [0.3, 0.4) is 0 Å². The number of likely N-dealkylation sites (tertiary alicyclic amines) is 1. The lowest BCUT2D eigenvalue weighted by Crippen LogP contribution is -2.50. The number of rotatable bonds is 3. The molecule has 6 nitrogen and oxygen atoms in total. The van der Waals surface area contributed by atoms with Crippen LogP contribution in [-0.4, -0.2) is 73.2 Å². The number of piperidine rings is 1. The lowest BCUT2D eigenvalue weighted by atomic mass is 10.0. The smallest absolute Gasteiger partial charge is 0.253 e. The SMILES string of the molecule is COc1ccc2cc(C(=O)N3CCC(N4CCOCC4)CC3)ccc2n1. The standard InChI is InChI=1S/C20H25N3O3/c1-25-19-5-3-15-14-16(2-4-18(15)21-19)20(24)23-8-6-17(7-9-23)22-10-12-26-13-11-22/h2-5,14,17H,6-13H2,1H3. The minimum absolute atomic E-state index is 0.114. The van der Waals surface area contributed by atoms with Crippen molar-refractivity contribution in [1.29, 1.82) is 0 Å². The number of hydrogen-bond acceptors (Lipinski definition) is 5. The molecule has 4 rings (SSSR count). The zero-order valence-electron chi connectivity index (χ0n) is 15.2. The van der Waals surface area contributed by atoms with Gasteiger partial charge in [-0.1, -0.05) is 0 Å². The Bertz CT molecular complexity index is 781. The van der Waals surface area contributed by atoms with Crippen molar-refractivity contribution in [3.05, 3.63) is 35.9 Å². The molecule has 0 N–H and O–H groups in total. The van der Waals surface area contributed by atoms with Crippen LogP contribution in [0.2, 0.25) is 0 Å². The number of pyridine rings is 1. The Morgan fingerprint density at radius 1 is 1.12 bits per heavy atom. The summed E-state index contributed by atoms with van der Waals surface area (Å²) in [6, 6.07) is 10.0. The van der Waals surface area contributed by atoms with Crippen molar-refractivity contribution in [1.82, 2.24) is 14.8 Å². The third-order valence-electron chi connectivity index (χ3n) is 5.43. The quantitative estimate of drug-likeness (QED) is 0.845. The predicted molar refractivity (Wildman–Crippen MR) is 99.6 cm³/mol. The van der Waals surface area contributed by atoms with Crippen LogP contribution in [0.5, 0.6) is 5.88 Å². The molecule has 26 heavy (non-hydrogen) atoms. The van der Waals surface area contributed by atoms with E-state index in [1.165, 1.54) is 0 Å². The Balaban J connectivity index is 1.42. The summed E-state index contributed by atoms with van der Waals surface area (Å²) in [5, 5.41) is 0.958. The van der Waals surface area contributed by atoms with Gasteiger partial charge < -0.3 is 14.4 Å². The van der Waals surface area contributed by atoms with E-state index >= 15 is 0 Å². The third kappa shape index (κ3) is 3.52. The molecule has 1 amide bonds. The Hall–Kier alpha value is -2.18. The Morgan fingerprint density at radius 2 is 1.88 bits per heavy atom. The molecule has 0 bridgehead atoms. The van der Waals surface area contributed by atoms with Crippen molar-refractivity contribution in [2.75, 3.05) is 46.5 Å². The van der Waals surface area contributed by atoms with E-state index in [1.54, 1.807) is 7.11 Å². The van der Waals surface area contributed by atoms with Gasteiger partial charge in [-0.3, -0.25) is 9.69 Å². The molecule has 0 saturated carbocycles. The Labute approximate surface area is 153 Å². The summed E-state index contributed by atoms with van der Waals surface area (Å²) in [4.78, 5) is 21.8. The zero-order chi connectivity index (χ0) is 17.9. The maximum Gasteiger partial charge on any atom is 0.253 e. The first-order valence-corrected chi connectivity index (χ1v) is 9.30. The highest BCUT2D eigenvalue weighted by molar-refractivity contribution is 5.98. The van der Waals surface area contributed by atoms with E-state index in [9.17, 15) is 4.79 Å². The van der Waals surface area contributed by atoms with Crippen molar-refractivity contribution >= 4 is 16.8 Å². The van der Waals surface area contributed by atoms with Crippen molar-refractivity contribution in [3.63, 3.8) is 0 Å². The first-order valence-electron chi connectivity index (χ1n) is 9.30. The highest BCUT2D eigenvalue weighted by atomic mass is 16.5. The molecule has 138 valence electrons. The van der Waals surface area contributed by atoms with Crippen molar-refractivity contribution in [3.8, 4) is 5.88 Å². The number of amides is 1. The van der Waals surface area contributed by atoms with Gasteiger partial charge in [0.05, 0.1) is 25.8 Å². The monoisotopic (exact) mass is 355 g/mol. The number of methoxy groups -OCH3 is 1. The molecule has 0 radical (unpaired) electrons. The summed E-state index contributed by atoms with van der Waals surface area (Å²) >= 11 is 0. The summed E-state index contributed by atoms with van der Waals surface area (Å²) in [6.07, 6.45) is 2.08. The number of hydrogen-bond donors (Lipinski definition) is 0. The van der Waals surface area contributed by atoms with Crippen LogP contribution >= 0.6 is 0 Å². The van der Waals surface area contributed by atoms with Crippen LogP contribution in [0.1, 0.15) is 23.2 Å². The second-order valence-electron chi connectivity index (χ2n) is 6.93. The molecular weight excluding hydrogens is 330 g/mol. The highest BCUT2D eigenvalue weighted by Gasteiger charge is 2.28. The van der Waals surface area contributed by atoms with Crippen LogP contribution in [0.25, 0.3) is 10.9 Å². The molecule has 0 aliphatic carbocycles. The van der Waals surface area contributed by atoms with Crippen molar-refractivity contribution in [2.45, 2.75) is 18.9 Å². The van der Waals surface area contributed by atoms with Crippen LogP contribution in [0.4, 0.5) is 0 Å². The number of fused-ring (bicyclic) bond motifs is 1. The van der Waals surface area contributed by atoms with Gasteiger partial charge in [-0.2, -0.15) is 0 Å². The summed E-state index contributed by atoms with van der Waals surface area (Å²) < 4.78 is 10.6. The first kappa shape index (κ1) is 17.2. The van der Waals surface area contributed by atoms with Gasteiger partial charge in [-0.25, -0.2) is 4.98 Å². The average molecular weight is 355 g/mol. The van der Waals surface area contributed by atoms with Gasteiger partial charge in [0.25, 0.3) is 5.91 Å². The van der Waals surface area contributed by atoms with Gasteiger partial charge in [-0.15, -0.1) is 0 Å². The molecule has 6 heteroatoms. The third-order valence-corrected chi connectivity index (χ3v) is 5.43. The van der Waals surface area contributed by atoms with Crippen LogP contribution in [0, 0.1) is 0 Å². The van der Waals surface area contributed by atoms with E-state index in [2.05, 4.69) is 9.88 Å². The van der Waals surface area contributed by atoms with Gasteiger partial charge in [0.1, 0.15) is 0 Å². The lowest BCUT2D eigenvalue weighted by molar-refractivity contribution is 0.00159. The van der Waals surface area contributed by atoms with Crippen molar-refractivity contribution in [2.24, 2.45) is 0 Å². The number of aromatic nitrogens is 1. The minimum Gasteiger partial charge on any atom is -0.481 e. The van der Waals surface area contributed by atoms with Gasteiger partial charge in [0.15, 0.2) is 0 Å². The van der Waals surface area contributed by atoms with E-state index in [0.29, 0.717) is 11.9 Å². The van der Waals surface area contributed by atoms with E-state index in [-0.39, 0.29) is 5.91 Å². The summed E-state index contributed by atoms with van der Waals surface area (Å²) in [6.45, 7) is 5.32. The molecule has 1 aromatic carbocycles. The fraction of sp³-hybridized carbons (Fsp3) is 0.500. The van der Waals surface area contributed by atoms with Crippen molar-refractivity contribution < 1.29 is 14.3 Å². The Kier molecular flexibility index (Phi) is 5.04. The van der Waals surface area contributed by atoms with Gasteiger partial charge >= 0.3 is 0 Å². The molecule has 2 saturated heterocycles. The topological polar surface area (TPSA) is 54.9 Å². The second kappa shape index (κ2) is 7.60. The maximum absolute atomic E-state index is 12.9. The summed E-state index contributed by atoms with van der Waals surface area (Å²) in [5.74, 6) is 0.699. The van der Waals surface area contributed by atoms with Crippen LogP contribution in [0.15, 0.2) is 30.3 Å². The maximum atomic E-state index is 12.9. The number of morpholine rings is 1. The van der Waals surface area contributed by atoms with E-state index in [4.69, 9.17) is 9.47 Å². The van der Waals surface area contributed by atoms with E-state index < -0.39 is 0 Å². The summed E-state index contributed by atoms with van der Waals surface area (Å²) in [5.41, 5.74) is 1.57. The second-order valence-corrected chi connectivity index (χ2v) is 6.93. The molecular formula is C20H25N3O3. The predicted octanol–water partition coefficient (Wildman–Crippen LogP) is 2.18. The van der Waals surface area contributed by atoms with Gasteiger partial charge in [0.2, 0.25) is 5.88 Å². The minimum atomic E-state index is 0.114. The fourth-order valence-corrected chi connectivity index (χ4v) is 3.91. The number of ether oxygens (including phenoxy) is 2. The number of benzene rings is 1. The molecule has 0 spiro atoms. The molecule has 1 aromatic heterocycles.